The van der Waals surface area contributed by atoms with Crippen molar-refractivity contribution in [1.82, 2.24) is 9.13 Å². The second-order valence-corrected chi connectivity index (χ2v) is 27.2. The van der Waals surface area contributed by atoms with Gasteiger partial charge in [0.25, 0.3) is 6.71 Å². The Morgan fingerprint density at radius 3 is 1.00 bits per heavy atom. The highest BCUT2D eigenvalue weighted by atomic mass is 15.2. The van der Waals surface area contributed by atoms with Gasteiger partial charge in [-0.25, -0.2) is 0 Å². The normalized spacial score (nSPS) is 12.7. The SMILES string of the molecule is CCCCc1cc(-c2ccccc2)cc(-c2ccccc2)c1N1c2cc(-n3c4ccccc4c4ccccc43)ccc2B2c3ccc(-n4c5ccccc5c5ccccc54)cc3N(c3c(CCCC)cc(-c4ccccc4)cc3-c3ccccc3)c3cc(C(C)(C)C)cc1c32. The Balaban J connectivity index is 1.04. The minimum atomic E-state index is -0.274. The molecule has 0 radical (unpaired) electrons. The van der Waals surface area contributed by atoms with Crippen molar-refractivity contribution in [2.45, 2.75) is 78.6 Å². The first-order valence-electron chi connectivity index (χ1n) is 34.3. The van der Waals surface area contributed by atoms with Crippen LogP contribution in [0.3, 0.4) is 0 Å². The van der Waals surface area contributed by atoms with Gasteiger partial charge in [0.05, 0.1) is 33.4 Å². The standard InChI is InChI=1S/C90H75BN4/c1-6-8-30-64-52-66(60-32-14-10-15-33-60)54-75(62-36-18-12-19-37-62)88(64)94-83-58-69(92-79-44-26-22-40-71(79)72-41-23-27-45-80(72)92)48-50-77(83)91-78-51-49-70(93-81-46-28-24-42-73(81)74-43-25-29-47-82(74)93)59-84(78)95(86-57-68(90(3,4)5)56-85(94)87(86)91)89-65(31-9-7-2)53-67(61-34-16-11-17-35-61)55-76(89)63-38-20-13-21-39-63/h10-29,32-59H,6-9,30-31H2,1-5H3. The van der Waals surface area contributed by atoms with Crippen LogP contribution < -0.4 is 26.2 Å². The highest BCUT2D eigenvalue weighted by Gasteiger charge is 2.46. The maximum atomic E-state index is 2.77. The van der Waals surface area contributed by atoms with E-state index in [1.54, 1.807) is 0 Å². The highest BCUT2D eigenvalue weighted by Crippen LogP contribution is 2.54. The summed E-state index contributed by atoms with van der Waals surface area (Å²) in [6.45, 7) is 11.7. The first-order valence-corrected chi connectivity index (χ1v) is 34.3. The van der Waals surface area contributed by atoms with E-state index < -0.39 is 0 Å². The number of unbranched alkanes of at least 4 members (excludes halogenated alkanes) is 2. The van der Waals surface area contributed by atoms with E-state index in [1.807, 2.05) is 0 Å². The van der Waals surface area contributed by atoms with Crippen molar-refractivity contribution < 1.29 is 0 Å². The molecule has 15 aromatic rings. The molecule has 0 unspecified atom stereocenters. The number of fused-ring (bicyclic) bond motifs is 10. The van der Waals surface area contributed by atoms with Crippen LogP contribution in [0.2, 0.25) is 0 Å². The first-order chi connectivity index (χ1) is 46.7. The predicted molar refractivity (Wildman–Crippen MR) is 407 cm³/mol. The van der Waals surface area contributed by atoms with Crippen LogP contribution >= 0.6 is 0 Å². The van der Waals surface area contributed by atoms with Crippen molar-refractivity contribution in [3.05, 3.63) is 308 Å². The van der Waals surface area contributed by atoms with Gasteiger partial charge in [-0.05, 0) is 182 Å². The fourth-order valence-electron chi connectivity index (χ4n) is 15.9. The molecule has 458 valence electrons. The second-order valence-electron chi connectivity index (χ2n) is 27.2. The van der Waals surface area contributed by atoms with E-state index in [0.29, 0.717) is 0 Å². The van der Waals surface area contributed by atoms with Crippen LogP contribution in [0.1, 0.15) is 77.0 Å². The van der Waals surface area contributed by atoms with Crippen LogP contribution in [-0.2, 0) is 18.3 Å². The third-order valence-corrected chi connectivity index (χ3v) is 20.4. The molecule has 0 saturated carbocycles. The van der Waals surface area contributed by atoms with Crippen molar-refractivity contribution in [1.29, 1.82) is 0 Å². The lowest BCUT2D eigenvalue weighted by molar-refractivity contribution is 0.590. The van der Waals surface area contributed by atoms with E-state index in [2.05, 4.69) is 345 Å². The van der Waals surface area contributed by atoms with E-state index in [1.165, 1.54) is 155 Å². The maximum Gasteiger partial charge on any atom is 0.252 e. The third kappa shape index (κ3) is 9.73. The Morgan fingerprint density at radius 1 is 0.316 bits per heavy atom. The van der Waals surface area contributed by atoms with Gasteiger partial charge in [-0.2, -0.15) is 0 Å². The Hall–Kier alpha value is -10.9. The molecule has 0 bridgehead atoms. The Morgan fingerprint density at radius 2 is 0.653 bits per heavy atom. The molecule has 0 fully saturated rings. The van der Waals surface area contributed by atoms with E-state index in [9.17, 15) is 0 Å². The molecule has 4 heterocycles. The number of aryl methyl sites for hydroxylation is 2. The van der Waals surface area contributed by atoms with Crippen molar-refractivity contribution in [3.63, 3.8) is 0 Å². The molecule has 0 atom stereocenters. The van der Waals surface area contributed by atoms with Crippen LogP contribution in [0.15, 0.2) is 291 Å². The summed E-state index contributed by atoms with van der Waals surface area (Å²) < 4.78 is 5.03. The third-order valence-electron chi connectivity index (χ3n) is 20.4. The van der Waals surface area contributed by atoms with Crippen LogP contribution in [0, 0.1) is 0 Å². The summed E-state index contributed by atoms with van der Waals surface area (Å²) in [4.78, 5) is 5.53. The molecule has 4 nitrogen and oxygen atoms in total. The van der Waals surface area contributed by atoms with E-state index in [-0.39, 0.29) is 12.1 Å². The molecular formula is C90H75BN4. The highest BCUT2D eigenvalue weighted by molar-refractivity contribution is 7.00. The molecule has 2 aromatic heterocycles. The van der Waals surface area contributed by atoms with Crippen LogP contribution in [-0.4, -0.2) is 15.8 Å². The van der Waals surface area contributed by atoms with E-state index >= 15 is 0 Å². The van der Waals surface area contributed by atoms with Crippen LogP contribution in [0.5, 0.6) is 0 Å². The van der Waals surface area contributed by atoms with Gasteiger partial charge >= 0.3 is 0 Å². The predicted octanol–water partition coefficient (Wildman–Crippen LogP) is 22.6. The molecule has 0 amide bonds. The summed E-state index contributed by atoms with van der Waals surface area (Å²) in [5, 5.41) is 4.99. The first kappa shape index (κ1) is 58.0. The number of anilines is 6. The lowest BCUT2D eigenvalue weighted by Crippen LogP contribution is -2.61. The fourth-order valence-corrected chi connectivity index (χ4v) is 15.9. The number of nitrogens with zero attached hydrogens (tertiary/aromatic N) is 4. The Bertz CT molecular complexity index is 5010. The molecule has 95 heavy (non-hydrogen) atoms. The van der Waals surface area contributed by atoms with Gasteiger partial charge in [-0.3, -0.25) is 0 Å². The van der Waals surface area contributed by atoms with Gasteiger partial charge in [-0.15, -0.1) is 0 Å². The monoisotopic (exact) mass is 1220 g/mol. The molecule has 17 rings (SSSR count). The molecule has 2 aliphatic heterocycles. The lowest BCUT2D eigenvalue weighted by Gasteiger charge is -2.46. The summed E-state index contributed by atoms with van der Waals surface area (Å²) in [6.07, 6.45) is 6.03. The summed E-state index contributed by atoms with van der Waals surface area (Å²) in [5.41, 5.74) is 31.5. The Labute approximate surface area is 558 Å². The van der Waals surface area contributed by atoms with Crippen molar-refractivity contribution in [2.24, 2.45) is 0 Å². The van der Waals surface area contributed by atoms with E-state index in [4.69, 9.17) is 0 Å². The van der Waals surface area contributed by atoms with Crippen LogP contribution in [0.4, 0.5) is 34.1 Å². The maximum absolute atomic E-state index is 2.77. The molecule has 0 N–H and O–H groups in total. The zero-order chi connectivity index (χ0) is 63.9. The van der Waals surface area contributed by atoms with Crippen LogP contribution in [0.25, 0.3) is 99.5 Å². The second kappa shape index (κ2) is 23.6. The van der Waals surface area contributed by atoms with Gasteiger partial charge < -0.3 is 18.9 Å². The number of hydrogen-bond donors (Lipinski definition) is 0. The van der Waals surface area contributed by atoms with Gasteiger partial charge in [0.1, 0.15) is 0 Å². The summed E-state index contributed by atoms with van der Waals surface area (Å²) in [7, 11) is 0. The van der Waals surface area contributed by atoms with Crippen molar-refractivity contribution in [2.75, 3.05) is 9.80 Å². The molecule has 13 aromatic carbocycles. The molecule has 0 saturated heterocycles. The zero-order valence-electron chi connectivity index (χ0n) is 54.8. The molecule has 5 heteroatoms. The Kier molecular flexibility index (Phi) is 14.4. The average molecular weight is 1220 g/mol. The van der Waals surface area contributed by atoms with Gasteiger partial charge in [0.2, 0.25) is 0 Å². The average Bonchev–Trinajstić information content (AvgIpc) is 1.14. The van der Waals surface area contributed by atoms with E-state index in [0.717, 1.165) is 49.9 Å². The zero-order valence-corrected chi connectivity index (χ0v) is 54.8. The quantitative estimate of drug-likeness (QED) is 0.101. The smallest absolute Gasteiger partial charge is 0.252 e. The summed E-state index contributed by atoms with van der Waals surface area (Å²) >= 11 is 0. The minimum Gasteiger partial charge on any atom is -0.310 e. The topological polar surface area (TPSA) is 16.3 Å². The fraction of sp³-hybridized carbons (Fsp3) is 0.133. The minimum absolute atomic E-state index is 0.170. The van der Waals surface area contributed by atoms with Gasteiger partial charge in [0, 0.05) is 66.8 Å². The largest absolute Gasteiger partial charge is 0.310 e. The number of hydrogen-bond acceptors (Lipinski definition) is 2. The molecule has 0 aliphatic carbocycles. The number of para-hydroxylation sites is 4. The van der Waals surface area contributed by atoms with Crippen molar-refractivity contribution >= 4 is 101 Å². The molecule has 2 aliphatic rings. The summed E-state index contributed by atoms with van der Waals surface area (Å²) in [5.74, 6) is 0. The number of aromatic nitrogens is 2. The number of benzene rings is 13. The molecular weight excluding hydrogens is 1150 g/mol. The molecule has 0 spiro atoms. The van der Waals surface area contributed by atoms with Crippen molar-refractivity contribution in [3.8, 4) is 55.9 Å². The van der Waals surface area contributed by atoms with Gasteiger partial charge in [-0.1, -0.05) is 254 Å². The lowest BCUT2D eigenvalue weighted by atomic mass is 9.33. The van der Waals surface area contributed by atoms with Gasteiger partial charge in [0.15, 0.2) is 0 Å². The summed E-state index contributed by atoms with van der Waals surface area (Å²) in [6, 6.07) is 111. The number of rotatable bonds is 14.